The third-order valence-electron chi connectivity index (χ3n) is 5.21. The summed E-state index contributed by atoms with van der Waals surface area (Å²) in [6, 6.07) is 8.68. The summed E-state index contributed by atoms with van der Waals surface area (Å²) in [6.07, 6.45) is 7.35. The molecule has 1 aromatic heterocycles. The summed E-state index contributed by atoms with van der Waals surface area (Å²) >= 11 is 0. The Labute approximate surface area is 131 Å². The molecule has 0 bridgehead atoms. The third kappa shape index (κ3) is 2.78. The minimum atomic E-state index is 0.589. The van der Waals surface area contributed by atoms with E-state index in [1.165, 1.54) is 51.0 Å². The number of rotatable bonds is 3. The van der Waals surface area contributed by atoms with Gasteiger partial charge in [0.2, 0.25) is 0 Å². The normalized spacial score (nSPS) is 21.5. The molecule has 116 valence electrons. The lowest BCUT2D eigenvalue weighted by Gasteiger charge is -2.33. The van der Waals surface area contributed by atoms with Crippen molar-refractivity contribution in [3.05, 3.63) is 42.5 Å². The fourth-order valence-electron chi connectivity index (χ4n) is 3.88. The van der Waals surface area contributed by atoms with Gasteiger partial charge in [0.1, 0.15) is 12.7 Å². The molecular formula is C17H23N5. The lowest BCUT2D eigenvalue weighted by atomic mass is 9.78. The molecule has 0 saturated carbocycles. The van der Waals surface area contributed by atoms with Crippen molar-refractivity contribution < 1.29 is 0 Å². The number of hydrogen-bond acceptors (Lipinski definition) is 4. The standard InChI is InChI=1S/C17H23N5/c1-3-16(22-14-19-13-20-22)4-2-15(1)11-21-10-7-17(12-21)5-8-18-9-6-17/h1-4,13-14,18H,5-12H2. The van der Waals surface area contributed by atoms with E-state index >= 15 is 0 Å². The molecule has 5 heteroatoms. The Kier molecular flexibility index (Phi) is 3.68. The van der Waals surface area contributed by atoms with Gasteiger partial charge in [0, 0.05) is 13.1 Å². The number of hydrogen-bond donors (Lipinski definition) is 1. The predicted octanol–water partition coefficient (Wildman–Crippen LogP) is 1.84. The van der Waals surface area contributed by atoms with Crippen LogP contribution in [0.2, 0.25) is 0 Å². The van der Waals surface area contributed by atoms with Gasteiger partial charge in [0.05, 0.1) is 5.69 Å². The van der Waals surface area contributed by atoms with E-state index in [1.54, 1.807) is 17.3 Å². The first-order valence-corrected chi connectivity index (χ1v) is 8.20. The minimum absolute atomic E-state index is 0.589. The molecule has 2 fully saturated rings. The van der Waals surface area contributed by atoms with Crippen LogP contribution in [0.3, 0.4) is 0 Å². The summed E-state index contributed by atoms with van der Waals surface area (Å²) in [5.41, 5.74) is 3.04. The maximum absolute atomic E-state index is 4.17. The van der Waals surface area contributed by atoms with Gasteiger partial charge in [0.25, 0.3) is 0 Å². The van der Waals surface area contributed by atoms with Crippen LogP contribution in [0, 0.1) is 5.41 Å². The Hall–Kier alpha value is -1.72. The van der Waals surface area contributed by atoms with Crippen LogP contribution in [0.1, 0.15) is 24.8 Å². The Morgan fingerprint density at radius 2 is 1.91 bits per heavy atom. The summed E-state index contributed by atoms with van der Waals surface area (Å²) in [5, 5.41) is 7.65. The molecule has 22 heavy (non-hydrogen) atoms. The molecule has 2 saturated heterocycles. The van der Waals surface area contributed by atoms with E-state index in [2.05, 4.69) is 44.6 Å². The SMILES string of the molecule is c1ncn(-c2ccc(CN3CCC4(CCNCC4)C3)cc2)n1. The topological polar surface area (TPSA) is 46.0 Å². The second-order valence-electron chi connectivity index (χ2n) is 6.72. The molecular weight excluding hydrogens is 274 g/mol. The molecule has 0 amide bonds. The highest BCUT2D eigenvalue weighted by Gasteiger charge is 2.38. The predicted molar refractivity (Wildman–Crippen MR) is 85.8 cm³/mol. The number of piperidine rings is 1. The van der Waals surface area contributed by atoms with Crippen molar-refractivity contribution in [3.63, 3.8) is 0 Å². The van der Waals surface area contributed by atoms with Crippen LogP contribution in [-0.4, -0.2) is 45.8 Å². The number of likely N-dealkylation sites (tertiary alicyclic amines) is 1. The average Bonchev–Trinajstić information content (AvgIpc) is 3.20. The second kappa shape index (κ2) is 5.82. The van der Waals surface area contributed by atoms with Crippen LogP contribution in [-0.2, 0) is 6.54 Å². The van der Waals surface area contributed by atoms with Gasteiger partial charge in [-0.05, 0) is 62.0 Å². The van der Waals surface area contributed by atoms with Crippen LogP contribution >= 0.6 is 0 Å². The molecule has 3 heterocycles. The first kappa shape index (κ1) is 13.9. The van der Waals surface area contributed by atoms with Crippen molar-refractivity contribution in [3.8, 4) is 5.69 Å². The van der Waals surface area contributed by atoms with Crippen LogP contribution in [0.5, 0.6) is 0 Å². The van der Waals surface area contributed by atoms with Crippen LogP contribution in [0.15, 0.2) is 36.9 Å². The van der Waals surface area contributed by atoms with Gasteiger partial charge in [-0.2, -0.15) is 5.10 Å². The fourth-order valence-corrected chi connectivity index (χ4v) is 3.88. The van der Waals surface area contributed by atoms with Crippen molar-refractivity contribution in [1.82, 2.24) is 25.0 Å². The molecule has 1 N–H and O–H groups in total. The minimum Gasteiger partial charge on any atom is -0.317 e. The van der Waals surface area contributed by atoms with Crippen molar-refractivity contribution in [2.24, 2.45) is 5.41 Å². The molecule has 1 spiro atoms. The summed E-state index contributed by atoms with van der Waals surface area (Å²) < 4.78 is 1.80. The van der Waals surface area contributed by atoms with Crippen LogP contribution in [0.25, 0.3) is 5.69 Å². The van der Waals surface area contributed by atoms with E-state index < -0.39 is 0 Å². The fraction of sp³-hybridized carbons (Fsp3) is 0.529. The van der Waals surface area contributed by atoms with Gasteiger partial charge in [-0.1, -0.05) is 12.1 Å². The Morgan fingerprint density at radius 1 is 1.09 bits per heavy atom. The largest absolute Gasteiger partial charge is 0.317 e. The second-order valence-corrected chi connectivity index (χ2v) is 6.72. The van der Waals surface area contributed by atoms with E-state index in [-0.39, 0.29) is 0 Å². The Bertz CT molecular complexity index is 598. The van der Waals surface area contributed by atoms with Crippen molar-refractivity contribution in [1.29, 1.82) is 0 Å². The molecule has 4 rings (SSSR count). The molecule has 2 aliphatic heterocycles. The van der Waals surface area contributed by atoms with E-state index in [0.29, 0.717) is 5.41 Å². The quantitative estimate of drug-likeness (QED) is 0.939. The van der Waals surface area contributed by atoms with Crippen molar-refractivity contribution >= 4 is 0 Å². The lowest BCUT2D eigenvalue weighted by molar-refractivity contribution is 0.194. The molecule has 1 aromatic carbocycles. The van der Waals surface area contributed by atoms with Gasteiger partial charge in [0.15, 0.2) is 0 Å². The molecule has 0 unspecified atom stereocenters. The highest BCUT2D eigenvalue weighted by Crippen LogP contribution is 2.38. The molecule has 5 nitrogen and oxygen atoms in total. The molecule has 0 aliphatic carbocycles. The van der Waals surface area contributed by atoms with Gasteiger partial charge < -0.3 is 5.32 Å². The van der Waals surface area contributed by atoms with Gasteiger partial charge >= 0.3 is 0 Å². The van der Waals surface area contributed by atoms with Crippen LogP contribution < -0.4 is 5.32 Å². The average molecular weight is 297 g/mol. The summed E-state index contributed by atoms with van der Waals surface area (Å²) in [6.45, 7) is 5.96. The van der Waals surface area contributed by atoms with Crippen molar-refractivity contribution in [2.75, 3.05) is 26.2 Å². The maximum Gasteiger partial charge on any atom is 0.138 e. The number of aromatic nitrogens is 3. The van der Waals surface area contributed by atoms with Gasteiger partial charge in [-0.3, -0.25) is 4.90 Å². The van der Waals surface area contributed by atoms with E-state index in [1.807, 2.05) is 0 Å². The van der Waals surface area contributed by atoms with Crippen molar-refractivity contribution in [2.45, 2.75) is 25.8 Å². The number of nitrogens with zero attached hydrogens (tertiary/aromatic N) is 4. The first-order chi connectivity index (χ1) is 10.8. The van der Waals surface area contributed by atoms with Crippen LogP contribution in [0.4, 0.5) is 0 Å². The van der Waals surface area contributed by atoms with E-state index in [9.17, 15) is 0 Å². The first-order valence-electron chi connectivity index (χ1n) is 8.20. The Balaban J connectivity index is 1.39. The highest BCUT2D eigenvalue weighted by atomic mass is 15.3. The van der Waals surface area contributed by atoms with E-state index in [0.717, 1.165) is 12.2 Å². The summed E-state index contributed by atoms with van der Waals surface area (Å²) in [4.78, 5) is 6.61. The summed E-state index contributed by atoms with van der Waals surface area (Å²) in [5.74, 6) is 0. The molecule has 0 atom stereocenters. The van der Waals surface area contributed by atoms with Gasteiger partial charge in [-0.25, -0.2) is 9.67 Å². The maximum atomic E-state index is 4.17. The molecule has 2 aliphatic rings. The monoisotopic (exact) mass is 297 g/mol. The number of benzene rings is 1. The van der Waals surface area contributed by atoms with Gasteiger partial charge in [-0.15, -0.1) is 0 Å². The van der Waals surface area contributed by atoms with E-state index in [4.69, 9.17) is 0 Å². The lowest BCUT2D eigenvalue weighted by Crippen LogP contribution is -2.38. The summed E-state index contributed by atoms with van der Waals surface area (Å²) in [7, 11) is 0. The zero-order valence-corrected chi connectivity index (χ0v) is 12.9. The highest BCUT2D eigenvalue weighted by molar-refractivity contribution is 5.33. The zero-order chi connectivity index (χ0) is 14.8. The molecule has 2 aromatic rings. The zero-order valence-electron chi connectivity index (χ0n) is 12.9. The third-order valence-corrected chi connectivity index (χ3v) is 5.21. The smallest absolute Gasteiger partial charge is 0.138 e. The number of nitrogens with one attached hydrogen (secondary N) is 1. The molecule has 0 radical (unpaired) electrons. The Morgan fingerprint density at radius 3 is 2.64 bits per heavy atom.